The number of nitrogens with zero attached hydrogens (tertiary/aromatic N) is 1. The smallest absolute Gasteiger partial charge is 0.337 e. The molecule has 178 valence electrons. The first-order valence-corrected chi connectivity index (χ1v) is 11.1. The molecule has 0 spiro atoms. The molecule has 3 rings (SSSR count). The van der Waals surface area contributed by atoms with Crippen molar-refractivity contribution in [3.63, 3.8) is 0 Å². The maximum atomic E-state index is 13.8. The Morgan fingerprint density at radius 1 is 0.824 bits per heavy atom. The van der Waals surface area contributed by atoms with Crippen LogP contribution in [0, 0.1) is 5.92 Å². The fourth-order valence-corrected chi connectivity index (χ4v) is 4.15. The van der Waals surface area contributed by atoms with Gasteiger partial charge < -0.3 is 19.1 Å². The molecule has 0 aromatic heterocycles. The summed E-state index contributed by atoms with van der Waals surface area (Å²) in [6.07, 6.45) is 0. The van der Waals surface area contributed by atoms with Crippen LogP contribution in [0.4, 0.5) is 5.69 Å². The Balaban J connectivity index is 2.29. The number of carbonyl (C=O) groups excluding carboxylic acids is 3. The Kier molecular flexibility index (Phi) is 7.89. The van der Waals surface area contributed by atoms with Crippen LogP contribution in [0.2, 0.25) is 0 Å². The molecule has 7 heteroatoms. The second kappa shape index (κ2) is 10.8. The van der Waals surface area contributed by atoms with Gasteiger partial charge in [-0.3, -0.25) is 9.59 Å². The van der Waals surface area contributed by atoms with Gasteiger partial charge in [-0.25, -0.2) is 4.79 Å². The number of ketones is 1. The van der Waals surface area contributed by atoms with Gasteiger partial charge >= 0.3 is 11.9 Å². The third-order valence-corrected chi connectivity index (χ3v) is 5.66. The number of rotatable bonds is 8. The minimum absolute atomic E-state index is 0.0843. The SMILES string of the molecule is CCOC(=O)C1=C(C)N(c2ccc(OC)cc2)C(C)=C(C(=O)c2ccccc2)C1C(=O)OCC. The lowest BCUT2D eigenvalue weighted by Crippen LogP contribution is -2.39. The van der Waals surface area contributed by atoms with Crippen molar-refractivity contribution in [1.82, 2.24) is 0 Å². The van der Waals surface area contributed by atoms with Gasteiger partial charge in [-0.2, -0.15) is 0 Å². The van der Waals surface area contributed by atoms with Crippen LogP contribution in [-0.4, -0.2) is 38.0 Å². The predicted molar refractivity (Wildman–Crippen MR) is 128 cm³/mol. The zero-order chi connectivity index (χ0) is 24.8. The van der Waals surface area contributed by atoms with Gasteiger partial charge in [-0.1, -0.05) is 30.3 Å². The highest BCUT2D eigenvalue weighted by atomic mass is 16.5. The standard InChI is InChI=1S/C27H29NO6/c1-6-33-26(30)23-18(4)28(20-13-15-21(32-5)16-14-20)17(3)22(24(23)27(31)34-7-2)25(29)19-11-9-8-10-12-19/h8-16,24H,6-7H2,1-5H3. The lowest BCUT2D eigenvalue weighted by molar-refractivity contribution is -0.149. The van der Waals surface area contributed by atoms with Crippen molar-refractivity contribution in [1.29, 1.82) is 0 Å². The van der Waals surface area contributed by atoms with Gasteiger partial charge in [0, 0.05) is 28.2 Å². The molecular formula is C27H29NO6. The van der Waals surface area contributed by atoms with Crippen LogP contribution in [0.1, 0.15) is 38.1 Å². The summed E-state index contributed by atoms with van der Waals surface area (Å²) < 4.78 is 15.9. The van der Waals surface area contributed by atoms with E-state index in [1.807, 2.05) is 12.1 Å². The molecule has 1 heterocycles. The molecule has 1 unspecified atom stereocenters. The van der Waals surface area contributed by atoms with Crippen LogP contribution in [-0.2, 0) is 19.1 Å². The van der Waals surface area contributed by atoms with E-state index in [2.05, 4.69) is 0 Å². The Morgan fingerprint density at radius 3 is 1.97 bits per heavy atom. The highest BCUT2D eigenvalue weighted by molar-refractivity contribution is 6.15. The van der Waals surface area contributed by atoms with Crippen molar-refractivity contribution >= 4 is 23.4 Å². The highest BCUT2D eigenvalue weighted by Crippen LogP contribution is 2.41. The van der Waals surface area contributed by atoms with Crippen molar-refractivity contribution < 1.29 is 28.6 Å². The van der Waals surface area contributed by atoms with Crippen molar-refractivity contribution in [2.75, 3.05) is 25.2 Å². The van der Waals surface area contributed by atoms with Crippen LogP contribution in [0.3, 0.4) is 0 Å². The summed E-state index contributed by atoms with van der Waals surface area (Å²) in [6.45, 7) is 7.10. The van der Waals surface area contributed by atoms with E-state index >= 15 is 0 Å². The van der Waals surface area contributed by atoms with E-state index in [0.717, 1.165) is 0 Å². The molecular weight excluding hydrogens is 434 g/mol. The van der Waals surface area contributed by atoms with Crippen LogP contribution < -0.4 is 9.64 Å². The number of methoxy groups -OCH3 is 1. The lowest BCUT2D eigenvalue weighted by Gasteiger charge is -2.37. The number of esters is 2. The number of carbonyl (C=O) groups is 3. The Hall–Kier alpha value is -3.87. The second-order valence-corrected chi connectivity index (χ2v) is 7.63. The first-order valence-electron chi connectivity index (χ1n) is 11.1. The van der Waals surface area contributed by atoms with E-state index in [1.165, 1.54) is 0 Å². The average molecular weight is 464 g/mol. The van der Waals surface area contributed by atoms with Crippen molar-refractivity contribution in [2.45, 2.75) is 27.7 Å². The van der Waals surface area contributed by atoms with E-state index in [-0.39, 0.29) is 30.1 Å². The van der Waals surface area contributed by atoms with Gasteiger partial charge in [0.1, 0.15) is 11.7 Å². The number of ether oxygens (including phenoxy) is 3. The minimum atomic E-state index is -1.21. The maximum absolute atomic E-state index is 13.8. The monoisotopic (exact) mass is 463 g/mol. The predicted octanol–water partition coefficient (Wildman–Crippen LogP) is 4.69. The van der Waals surface area contributed by atoms with Gasteiger partial charge in [0.15, 0.2) is 5.78 Å². The molecule has 0 radical (unpaired) electrons. The molecule has 0 N–H and O–H groups in total. The van der Waals surface area contributed by atoms with Gasteiger partial charge in [-0.05, 0) is 52.0 Å². The molecule has 0 saturated heterocycles. The van der Waals surface area contributed by atoms with Crippen LogP contribution in [0.5, 0.6) is 5.75 Å². The molecule has 0 aliphatic carbocycles. The quantitative estimate of drug-likeness (QED) is 0.415. The molecule has 0 amide bonds. The topological polar surface area (TPSA) is 82.1 Å². The lowest BCUT2D eigenvalue weighted by atomic mass is 9.80. The van der Waals surface area contributed by atoms with Crippen LogP contribution >= 0.6 is 0 Å². The number of hydrogen-bond donors (Lipinski definition) is 0. The molecule has 1 aliphatic heterocycles. The third-order valence-electron chi connectivity index (χ3n) is 5.66. The average Bonchev–Trinajstić information content (AvgIpc) is 2.84. The van der Waals surface area contributed by atoms with Gasteiger partial charge in [0.2, 0.25) is 0 Å². The third kappa shape index (κ3) is 4.73. The van der Waals surface area contributed by atoms with Crippen LogP contribution in [0.25, 0.3) is 0 Å². The van der Waals surface area contributed by atoms with E-state index in [1.54, 1.807) is 82.2 Å². The number of anilines is 1. The van der Waals surface area contributed by atoms with E-state index in [0.29, 0.717) is 28.4 Å². The molecule has 7 nitrogen and oxygen atoms in total. The molecule has 0 fully saturated rings. The summed E-state index contributed by atoms with van der Waals surface area (Å²) in [7, 11) is 1.58. The highest BCUT2D eigenvalue weighted by Gasteiger charge is 2.44. The van der Waals surface area contributed by atoms with E-state index in [9.17, 15) is 14.4 Å². The molecule has 2 aromatic carbocycles. The van der Waals surface area contributed by atoms with Gasteiger partial charge in [0.05, 0.1) is 25.9 Å². The zero-order valence-corrected chi connectivity index (χ0v) is 20.1. The summed E-state index contributed by atoms with van der Waals surface area (Å²) in [6, 6.07) is 15.9. The van der Waals surface area contributed by atoms with Crippen molar-refractivity contribution in [3.8, 4) is 5.75 Å². The molecule has 0 saturated carbocycles. The van der Waals surface area contributed by atoms with Crippen molar-refractivity contribution in [2.24, 2.45) is 5.92 Å². The summed E-state index contributed by atoms with van der Waals surface area (Å²) in [4.78, 5) is 41.9. The number of benzene rings is 2. The zero-order valence-electron chi connectivity index (χ0n) is 20.1. The maximum Gasteiger partial charge on any atom is 0.337 e. The van der Waals surface area contributed by atoms with Gasteiger partial charge in [0.25, 0.3) is 0 Å². The molecule has 1 aliphatic rings. The molecule has 1 atom stereocenters. The number of allylic oxidation sites excluding steroid dienone is 2. The molecule has 2 aromatic rings. The Labute approximate surface area is 199 Å². The summed E-state index contributed by atoms with van der Waals surface area (Å²) >= 11 is 0. The largest absolute Gasteiger partial charge is 0.497 e. The number of hydrogen-bond acceptors (Lipinski definition) is 7. The van der Waals surface area contributed by atoms with Gasteiger partial charge in [-0.15, -0.1) is 0 Å². The Morgan fingerprint density at radius 2 is 1.41 bits per heavy atom. The first-order chi connectivity index (χ1) is 16.3. The first kappa shape index (κ1) is 24.8. The Bertz CT molecular complexity index is 1130. The molecule has 34 heavy (non-hydrogen) atoms. The van der Waals surface area contributed by atoms with Crippen molar-refractivity contribution in [3.05, 3.63) is 82.7 Å². The second-order valence-electron chi connectivity index (χ2n) is 7.63. The van der Waals surface area contributed by atoms with E-state index < -0.39 is 17.9 Å². The molecule has 0 bridgehead atoms. The summed E-state index contributed by atoms with van der Waals surface area (Å²) in [5.41, 5.74) is 2.39. The normalized spacial score (nSPS) is 15.8. The summed E-state index contributed by atoms with van der Waals surface area (Å²) in [5.74, 6) is -2.23. The fraction of sp³-hybridized carbons (Fsp3) is 0.296. The number of Topliss-reactive ketones (excluding diaryl/α,β-unsaturated/α-hetero) is 1. The fourth-order valence-electron chi connectivity index (χ4n) is 4.15. The minimum Gasteiger partial charge on any atom is -0.497 e. The van der Waals surface area contributed by atoms with Crippen LogP contribution in [0.15, 0.2) is 77.1 Å². The van der Waals surface area contributed by atoms with E-state index in [4.69, 9.17) is 14.2 Å². The summed E-state index contributed by atoms with van der Waals surface area (Å²) in [5, 5.41) is 0.